The van der Waals surface area contributed by atoms with Crippen LogP contribution in [-0.2, 0) is 0 Å². The number of nitrogen functional groups attached to an aromatic ring is 1. The van der Waals surface area contributed by atoms with E-state index in [0.29, 0.717) is 28.2 Å². The van der Waals surface area contributed by atoms with E-state index in [4.69, 9.17) is 17.3 Å². The van der Waals surface area contributed by atoms with Crippen LogP contribution >= 0.6 is 11.6 Å². The van der Waals surface area contributed by atoms with E-state index >= 15 is 0 Å². The molecule has 0 unspecified atom stereocenters. The topological polar surface area (TPSA) is 101 Å². The predicted octanol–water partition coefficient (Wildman–Crippen LogP) is 3.57. The average Bonchev–Trinajstić information content (AvgIpc) is 2.50. The van der Waals surface area contributed by atoms with Crippen molar-refractivity contribution in [3.8, 4) is 0 Å². The third kappa shape index (κ3) is 4.53. The second-order valence-corrected chi connectivity index (χ2v) is 8.55. The van der Waals surface area contributed by atoms with Gasteiger partial charge >= 0.3 is 0 Å². The Morgan fingerprint density at radius 1 is 1.08 bits per heavy atom. The molecule has 0 bridgehead atoms. The van der Waals surface area contributed by atoms with E-state index in [9.17, 15) is 0 Å². The standard InChI is InChI=1S/C18H26ClN7/c1-17(2)7-12(8-18(3,4)26-17)24-15-14(20)16(23-10-22-15)25-13-6-5-11(19)9-21-13/h5-6,9-10,12,26H,7-8,20H2,1-4H3,(H2,21,22,23,24,25). The van der Waals surface area contributed by atoms with Crippen molar-refractivity contribution < 1.29 is 0 Å². The van der Waals surface area contributed by atoms with Gasteiger partial charge in [0, 0.05) is 23.3 Å². The first kappa shape index (κ1) is 18.7. The SMILES string of the molecule is CC1(C)CC(Nc2ncnc(Nc3ccc(Cl)cn3)c2N)CC(C)(C)N1. The van der Waals surface area contributed by atoms with Gasteiger partial charge in [0.25, 0.3) is 0 Å². The molecule has 0 atom stereocenters. The van der Waals surface area contributed by atoms with E-state index in [0.717, 1.165) is 12.8 Å². The molecule has 0 spiro atoms. The number of halogens is 1. The van der Waals surface area contributed by atoms with Crippen LogP contribution in [0.2, 0.25) is 5.02 Å². The highest BCUT2D eigenvalue weighted by atomic mass is 35.5. The van der Waals surface area contributed by atoms with Crippen LogP contribution in [0.15, 0.2) is 24.7 Å². The fourth-order valence-corrected chi connectivity index (χ4v) is 3.91. The quantitative estimate of drug-likeness (QED) is 0.648. The number of piperidine rings is 1. The van der Waals surface area contributed by atoms with Gasteiger partial charge in [0.1, 0.15) is 17.8 Å². The first-order chi connectivity index (χ1) is 12.1. The van der Waals surface area contributed by atoms with E-state index in [1.54, 1.807) is 18.3 Å². The summed E-state index contributed by atoms with van der Waals surface area (Å²) in [6.07, 6.45) is 5.01. The van der Waals surface area contributed by atoms with Crippen LogP contribution in [0.1, 0.15) is 40.5 Å². The number of hydrogen-bond donors (Lipinski definition) is 4. The van der Waals surface area contributed by atoms with Crippen LogP contribution in [0.4, 0.5) is 23.1 Å². The van der Waals surface area contributed by atoms with Gasteiger partial charge < -0.3 is 21.7 Å². The molecule has 0 saturated carbocycles. The summed E-state index contributed by atoms with van der Waals surface area (Å²) in [6, 6.07) is 3.79. The van der Waals surface area contributed by atoms with Gasteiger partial charge in [0.05, 0.1) is 5.02 Å². The largest absolute Gasteiger partial charge is 0.393 e. The van der Waals surface area contributed by atoms with Crippen LogP contribution in [0.25, 0.3) is 0 Å². The number of nitrogens with zero attached hydrogens (tertiary/aromatic N) is 3. The van der Waals surface area contributed by atoms with Crippen LogP contribution in [0, 0.1) is 0 Å². The number of nitrogens with two attached hydrogens (primary N) is 1. The maximum absolute atomic E-state index is 6.29. The Kier molecular flexibility index (Phi) is 4.94. The molecule has 1 saturated heterocycles. The molecular formula is C18H26ClN7. The number of rotatable bonds is 4. The second kappa shape index (κ2) is 6.89. The molecule has 3 rings (SSSR count). The zero-order valence-electron chi connectivity index (χ0n) is 15.6. The van der Waals surface area contributed by atoms with Crippen molar-refractivity contribution in [3.63, 3.8) is 0 Å². The third-order valence-corrected chi connectivity index (χ3v) is 4.61. The smallest absolute Gasteiger partial charge is 0.160 e. The van der Waals surface area contributed by atoms with E-state index in [1.807, 2.05) is 0 Å². The van der Waals surface area contributed by atoms with Gasteiger partial charge in [-0.05, 0) is 52.7 Å². The molecule has 8 heteroatoms. The lowest BCUT2D eigenvalue weighted by atomic mass is 9.79. The Morgan fingerprint density at radius 2 is 1.73 bits per heavy atom. The molecule has 2 aromatic heterocycles. The fraction of sp³-hybridized carbons (Fsp3) is 0.500. The van der Waals surface area contributed by atoms with Crippen LogP contribution in [-0.4, -0.2) is 32.1 Å². The summed E-state index contributed by atoms with van der Waals surface area (Å²) in [5, 5.41) is 10.9. The first-order valence-electron chi connectivity index (χ1n) is 8.68. The summed E-state index contributed by atoms with van der Waals surface area (Å²) in [5.41, 5.74) is 6.84. The molecule has 26 heavy (non-hydrogen) atoms. The molecule has 0 aromatic carbocycles. The van der Waals surface area contributed by atoms with E-state index < -0.39 is 0 Å². The Balaban J connectivity index is 1.77. The van der Waals surface area contributed by atoms with Gasteiger partial charge in [-0.25, -0.2) is 15.0 Å². The van der Waals surface area contributed by atoms with Crippen molar-refractivity contribution in [2.45, 2.75) is 57.7 Å². The molecular weight excluding hydrogens is 350 g/mol. The number of aromatic nitrogens is 3. The molecule has 0 radical (unpaired) electrons. The van der Waals surface area contributed by atoms with Crippen molar-refractivity contribution in [1.29, 1.82) is 0 Å². The third-order valence-electron chi connectivity index (χ3n) is 4.39. The monoisotopic (exact) mass is 375 g/mol. The summed E-state index contributed by atoms with van der Waals surface area (Å²) in [7, 11) is 0. The first-order valence-corrected chi connectivity index (χ1v) is 9.06. The van der Waals surface area contributed by atoms with Crippen molar-refractivity contribution in [1.82, 2.24) is 20.3 Å². The normalized spacial score (nSPS) is 19.1. The molecule has 1 aliphatic heterocycles. The summed E-state index contributed by atoms with van der Waals surface area (Å²) >= 11 is 5.87. The Labute approximate surface area is 159 Å². The second-order valence-electron chi connectivity index (χ2n) is 8.11. The highest BCUT2D eigenvalue weighted by molar-refractivity contribution is 6.30. The molecule has 7 nitrogen and oxygen atoms in total. The van der Waals surface area contributed by atoms with Gasteiger partial charge in [0.15, 0.2) is 11.6 Å². The summed E-state index contributed by atoms with van der Waals surface area (Å²) in [4.78, 5) is 12.8. The number of pyridine rings is 1. The molecule has 2 aromatic rings. The number of hydrogen-bond acceptors (Lipinski definition) is 7. The van der Waals surface area contributed by atoms with E-state index in [-0.39, 0.29) is 17.1 Å². The maximum atomic E-state index is 6.29. The number of nitrogens with one attached hydrogen (secondary N) is 3. The highest BCUT2D eigenvalue weighted by Gasteiger charge is 2.37. The van der Waals surface area contributed by atoms with Gasteiger partial charge in [-0.1, -0.05) is 11.6 Å². The lowest BCUT2D eigenvalue weighted by Crippen LogP contribution is -2.60. The van der Waals surface area contributed by atoms with Gasteiger partial charge in [-0.15, -0.1) is 0 Å². The summed E-state index contributed by atoms with van der Waals surface area (Å²) < 4.78 is 0. The predicted molar refractivity (Wildman–Crippen MR) is 107 cm³/mol. The molecule has 0 aliphatic carbocycles. The van der Waals surface area contributed by atoms with E-state index in [1.165, 1.54) is 6.33 Å². The number of anilines is 4. The molecule has 1 aliphatic rings. The lowest BCUT2D eigenvalue weighted by molar-refractivity contribution is 0.170. The molecule has 5 N–H and O–H groups in total. The minimum atomic E-state index is 0.0372. The molecule has 3 heterocycles. The Morgan fingerprint density at radius 3 is 2.35 bits per heavy atom. The molecule has 0 amide bonds. The Hall–Kier alpha value is -2.12. The van der Waals surface area contributed by atoms with Gasteiger partial charge in [-0.2, -0.15) is 0 Å². The minimum absolute atomic E-state index is 0.0372. The zero-order chi connectivity index (χ0) is 18.9. The zero-order valence-corrected chi connectivity index (χ0v) is 16.4. The maximum Gasteiger partial charge on any atom is 0.160 e. The molecule has 1 fully saturated rings. The van der Waals surface area contributed by atoms with Gasteiger partial charge in [0.2, 0.25) is 0 Å². The van der Waals surface area contributed by atoms with Crippen molar-refractivity contribution in [2.24, 2.45) is 0 Å². The van der Waals surface area contributed by atoms with Crippen LogP contribution in [0.3, 0.4) is 0 Å². The van der Waals surface area contributed by atoms with E-state index in [2.05, 4.69) is 58.6 Å². The Bertz CT molecular complexity index is 758. The minimum Gasteiger partial charge on any atom is -0.393 e. The van der Waals surface area contributed by atoms with Crippen molar-refractivity contribution >= 4 is 34.7 Å². The summed E-state index contributed by atoms with van der Waals surface area (Å²) in [6.45, 7) is 8.85. The van der Waals surface area contributed by atoms with Crippen molar-refractivity contribution in [2.75, 3.05) is 16.4 Å². The van der Waals surface area contributed by atoms with Crippen LogP contribution in [0.5, 0.6) is 0 Å². The lowest BCUT2D eigenvalue weighted by Gasteiger charge is -2.46. The van der Waals surface area contributed by atoms with Crippen molar-refractivity contribution in [3.05, 3.63) is 29.7 Å². The molecule has 140 valence electrons. The van der Waals surface area contributed by atoms with Crippen LogP contribution < -0.4 is 21.7 Å². The summed E-state index contributed by atoms with van der Waals surface area (Å²) in [5.74, 6) is 1.77. The van der Waals surface area contributed by atoms with Gasteiger partial charge in [-0.3, -0.25) is 0 Å². The fourth-order valence-electron chi connectivity index (χ4n) is 3.80. The highest BCUT2D eigenvalue weighted by Crippen LogP contribution is 2.32. The average molecular weight is 376 g/mol.